The molecule has 36 heavy (non-hydrogen) atoms. The molecule has 7 nitrogen and oxygen atoms in total. The number of ether oxygens (including phenoxy) is 2. The molecule has 7 heteroatoms. The molecular formula is C29H25N5O2. The van der Waals surface area contributed by atoms with Crippen LogP contribution in [0.2, 0.25) is 0 Å². The highest BCUT2D eigenvalue weighted by molar-refractivity contribution is 5.94. The molecule has 6 rings (SSSR count). The number of nitrogens with two attached hydrogens (primary N) is 1. The smallest absolute Gasteiger partial charge is 0.212 e. The Morgan fingerprint density at radius 1 is 0.750 bits per heavy atom. The fraction of sp³-hybridized carbons (Fsp3) is 0.103. The van der Waals surface area contributed by atoms with Gasteiger partial charge in [-0.2, -0.15) is 0 Å². The molecule has 0 fully saturated rings. The molecule has 1 atom stereocenters. The first-order chi connectivity index (χ1) is 17.7. The third-order valence-corrected chi connectivity index (χ3v) is 6.08. The zero-order valence-corrected chi connectivity index (χ0v) is 19.5. The summed E-state index contributed by atoms with van der Waals surface area (Å²) >= 11 is 0. The molecule has 1 aliphatic rings. The number of para-hydroxylation sites is 2. The van der Waals surface area contributed by atoms with E-state index in [4.69, 9.17) is 25.2 Å². The molecule has 3 N–H and O–H groups in total. The molecule has 0 bridgehead atoms. The number of rotatable bonds is 7. The number of hydrogen-bond donors (Lipinski definition) is 2. The Morgan fingerprint density at radius 3 is 2.11 bits per heavy atom. The predicted molar refractivity (Wildman–Crippen MR) is 141 cm³/mol. The minimum absolute atomic E-state index is 0.318. The lowest BCUT2D eigenvalue weighted by molar-refractivity contribution is 0.255. The summed E-state index contributed by atoms with van der Waals surface area (Å²) in [5.74, 6) is 2.29. The van der Waals surface area contributed by atoms with Gasteiger partial charge in [0, 0.05) is 5.56 Å². The van der Waals surface area contributed by atoms with Gasteiger partial charge >= 0.3 is 0 Å². The van der Waals surface area contributed by atoms with E-state index < -0.39 is 6.17 Å². The van der Waals surface area contributed by atoms with E-state index in [0.29, 0.717) is 36.6 Å². The van der Waals surface area contributed by atoms with Crippen LogP contribution in [0.5, 0.6) is 11.5 Å². The Balaban J connectivity index is 1.37. The fourth-order valence-electron chi connectivity index (χ4n) is 4.33. The quantitative estimate of drug-likeness (QED) is 0.325. The van der Waals surface area contributed by atoms with Crippen LogP contribution in [-0.2, 0) is 13.2 Å². The Morgan fingerprint density at radius 2 is 1.39 bits per heavy atom. The molecule has 0 radical (unpaired) electrons. The lowest BCUT2D eigenvalue weighted by Gasteiger charge is -2.24. The normalized spacial score (nSPS) is 14.6. The number of aliphatic imine (C=N–C) groups is 1. The van der Waals surface area contributed by atoms with Crippen LogP contribution in [-0.4, -0.2) is 15.5 Å². The zero-order chi connectivity index (χ0) is 24.3. The first kappa shape index (κ1) is 21.7. The third-order valence-electron chi connectivity index (χ3n) is 6.08. The molecule has 5 aromatic rings. The fourth-order valence-corrected chi connectivity index (χ4v) is 4.33. The first-order valence-corrected chi connectivity index (χ1v) is 11.8. The van der Waals surface area contributed by atoms with E-state index in [1.54, 1.807) is 0 Å². The molecule has 1 aliphatic heterocycles. The number of imidazole rings is 1. The minimum atomic E-state index is -0.393. The van der Waals surface area contributed by atoms with Crippen molar-refractivity contribution >= 4 is 22.9 Å². The van der Waals surface area contributed by atoms with Crippen molar-refractivity contribution in [1.29, 1.82) is 0 Å². The summed E-state index contributed by atoms with van der Waals surface area (Å²) in [4.78, 5) is 9.40. The maximum Gasteiger partial charge on any atom is 0.212 e. The maximum atomic E-state index is 6.28. The standard InChI is InChI=1S/C29H25N5O2/c30-28-32-27(34-24-14-8-7-13-23(24)31-29(34)33-28)22-15-16-25(35-18-20-9-3-1-4-10-20)26(17-22)36-19-21-11-5-2-6-12-21/h1-17,27H,18-19H2,(H3,30,31,32,33). The average molecular weight is 476 g/mol. The number of guanidine groups is 1. The van der Waals surface area contributed by atoms with E-state index in [0.717, 1.165) is 27.7 Å². The van der Waals surface area contributed by atoms with Gasteiger partial charge in [0.15, 0.2) is 23.6 Å². The van der Waals surface area contributed by atoms with Crippen molar-refractivity contribution in [1.82, 2.24) is 9.55 Å². The van der Waals surface area contributed by atoms with Crippen LogP contribution in [0.25, 0.3) is 11.0 Å². The summed E-state index contributed by atoms with van der Waals surface area (Å²) in [6, 6.07) is 34.0. The van der Waals surface area contributed by atoms with Crippen molar-refractivity contribution in [2.75, 3.05) is 5.32 Å². The molecule has 2 heterocycles. The van der Waals surface area contributed by atoms with Crippen LogP contribution < -0.4 is 20.5 Å². The number of anilines is 1. The second-order valence-electron chi connectivity index (χ2n) is 8.56. The van der Waals surface area contributed by atoms with E-state index in [2.05, 4.69) is 5.32 Å². The van der Waals surface area contributed by atoms with Gasteiger partial charge in [-0.15, -0.1) is 0 Å². The van der Waals surface area contributed by atoms with Crippen LogP contribution in [0.1, 0.15) is 22.9 Å². The molecule has 1 unspecified atom stereocenters. The second-order valence-corrected chi connectivity index (χ2v) is 8.56. The summed E-state index contributed by atoms with van der Waals surface area (Å²) in [5, 5.41) is 3.08. The van der Waals surface area contributed by atoms with Crippen LogP contribution in [0.3, 0.4) is 0 Å². The number of fused-ring (bicyclic) bond motifs is 3. The van der Waals surface area contributed by atoms with Gasteiger partial charge in [-0.25, -0.2) is 9.98 Å². The monoisotopic (exact) mass is 475 g/mol. The van der Waals surface area contributed by atoms with Crippen molar-refractivity contribution in [2.45, 2.75) is 19.4 Å². The molecule has 178 valence electrons. The third kappa shape index (κ3) is 4.34. The maximum absolute atomic E-state index is 6.28. The topological polar surface area (TPSA) is 86.7 Å². The van der Waals surface area contributed by atoms with Gasteiger partial charge in [0.25, 0.3) is 0 Å². The summed E-state index contributed by atoms with van der Waals surface area (Å²) in [6.07, 6.45) is -0.393. The van der Waals surface area contributed by atoms with Crippen LogP contribution >= 0.6 is 0 Å². The van der Waals surface area contributed by atoms with Crippen LogP contribution in [0.15, 0.2) is 108 Å². The van der Waals surface area contributed by atoms with Crippen molar-refractivity contribution in [2.24, 2.45) is 10.7 Å². The summed E-state index contributed by atoms with van der Waals surface area (Å²) in [6.45, 7) is 0.861. The zero-order valence-electron chi connectivity index (χ0n) is 19.5. The van der Waals surface area contributed by atoms with Gasteiger partial charge in [0.1, 0.15) is 13.2 Å². The van der Waals surface area contributed by atoms with Gasteiger partial charge in [0.05, 0.1) is 11.0 Å². The summed E-state index contributed by atoms with van der Waals surface area (Å²) in [7, 11) is 0. The Labute approximate surface area is 208 Å². The Hall–Kier alpha value is -4.78. The van der Waals surface area contributed by atoms with Crippen molar-refractivity contribution in [3.8, 4) is 11.5 Å². The molecule has 0 saturated heterocycles. The summed E-state index contributed by atoms with van der Waals surface area (Å²) in [5.41, 5.74) is 11.1. The SMILES string of the molecule is NC1=NC(c2ccc(OCc3ccccc3)c(OCc3ccccc3)c2)n2c(nc3ccccc32)N1. The van der Waals surface area contributed by atoms with Gasteiger partial charge in [-0.3, -0.25) is 9.88 Å². The molecule has 0 aliphatic carbocycles. The van der Waals surface area contributed by atoms with E-state index in [1.165, 1.54) is 0 Å². The van der Waals surface area contributed by atoms with Crippen LogP contribution in [0.4, 0.5) is 5.95 Å². The molecule has 0 spiro atoms. The number of benzene rings is 4. The van der Waals surface area contributed by atoms with Gasteiger partial charge in [0.2, 0.25) is 5.95 Å². The molecule has 0 saturated carbocycles. The summed E-state index contributed by atoms with van der Waals surface area (Å²) < 4.78 is 14.5. The lowest BCUT2D eigenvalue weighted by Crippen LogP contribution is -2.31. The second kappa shape index (κ2) is 9.46. The number of nitrogens with zero attached hydrogens (tertiary/aromatic N) is 3. The van der Waals surface area contributed by atoms with E-state index in [1.807, 2.05) is 108 Å². The average Bonchev–Trinajstić information content (AvgIpc) is 3.30. The van der Waals surface area contributed by atoms with Gasteiger partial charge in [-0.05, 0) is 35.4 Å². The van der Waals surface area contributed by atoms with Crippen molar-refractivity contribution < 1.29 is 9.47 Å². The van der Waals surface area contributed by atoms with Crippen molar-refractivity contribution in [3.63, 3.8) is 0 Å². The highest BCUT2D eigenvalue weighted by Gasteiger charge is 2.26. The van der Waals surface area contributed by atoms with Gasteiger partial charge < -0.3 is 15.2 Å². The largest absolute Gasteiger partial charge is 0.485 e. The van der Waals surface area contributed by atoms with Crippen LogP contribution in [0, 0.1) is 0 Å². The first-order valence-electron chi connectivity index (χ1n) is 11.8. The highest BCUT2D eigenvalue weighted by atomic mass is 16.5. The van der Waals surface area contributed by atoms with Gasteiger partial charge in [-0.1, -0.05) is 78.9 Å². The lowest BCUT2D eigenvalue weighted by atomic mass is 10.1. The van der Waals surface area contributed by atoms with E-state index in [-0.39, 0.29) is 0 Å². The number of aromatic nitrogens is 2. The highest BCUT2D eigenvalue weighted by Crippen LogP contribution is 2.37. The minimum Gasteiger partial charge on any atom is -0.485 e. The van der Waals surface area contributed by atoms with Crippen molar-refractivity contribution in [3.05, 3.63) is 120 Å². The Kier molecular flexibility index (Phi) is 5.71. The number of hydrogen-bond acceptors (Lipinski definition) is 6. The van der Waals surface area contributed by atoms with E-state index in [9.17, 15) is 0 Å². The molecule has 1 aromatic heterocycles. The number of nitrogens with one attached hydrogen (secondary N) is 1. The molecule has 0 amide bonds. The molecular weight excluding hydrogens is 450 g/mol. The predicted octanol–water partition coefficient (Wildman–Crippen LogP) is 5.48. The Bertz CT molecular complexity index is 1530. The van der Waals surface area contributed by atoms with E-state index >= 15 is 0 Å². The molecule has 4 aromatic carbocycles.